The molecule has 0 saturated heterocycles. The first-order chi connectivity index (χ1) is 11.5. The van der Waals surface area contributed by atoms with Gasteiger partial charge in [0, 0.05) is 0 Å². The minimum absolute atomic E-state index is 0.0125. The lowest BCUT2D eigenvalue weighted by Gasteiger charge is -2.12. The predicted octanol–water partition coefficient (Wildman–Crippen LogP) is 1.12. The number of hydrogen-bond acceptors (Lipinski definition) is 7. The van der Waals surface area contributed by atoms with Crippen molar-refractivity contribution in [2.24, 2.45) is 0 Å². The number of aryl methyl sites for hydroxylation is 1. The SMILES string of the molecule is Cc1ccc(-n2nc(C#N)c3nc(N)c(C#N)c(N)c3c2=N)cc1. The van der Waals surface area contributed by atoms with Gasteiger partial charge in [-0.05, 0) is 19.1 Å². The van der Waals surface area contributed by atoms with Crippen molar-refractivity contribution in [2.45, 2.75) is 6.92 Å². The molecular formula is C16H12N8. The molecule has 0 spiro atoms. The Morgan fingerprint density at radius 3 is 2.38 bits per heavy atom. The molecule has 0 fully saturated rings. The number of nitrogens with zero attached hydrogens (tertiary/aromatic N) is 5. The van der Waals surface area contributed by atoms with Crippen LogP contribution in [0.3, 0.4) is 0 Å². The Labute approximate surface area is 136 Å². The number of nitrogens with one attached hydrogen (secondary N) is 1. The monoisotopic (exact) mass is 316 g/mol. The summed E-state index contributed by atoms with van der Waals surface area (Å²) in [5, 5.41) is 31.3. The molecule has 116 valence electrons. The third-order valence-corrected chi connectivity index (χ3v) is 3.63. The molecule has 0 amide bonds. The molecule has 2 aromatic heterocycles. The van der Waals surface area contributed by atoms with Gasteiger partial charge in [-0.3, -0.25) is 5.41 Å². The quantitative estimate of drug-likeness (QED) is 0.611. The van der Waals surface area contributed by atoms with Crippen LogP contribution in [-0.4, -0.2) is 14.8 Å². The Bertz CT molecular complexity index is 1110. The number of anilines is 2. The van der Waals surface area contributed by atoms with Crippen LogP contribution in [0.1, 0.15) is 16.8 Å². The van der Waals surface area contributed by atoms with E-state index in [0.717, 1.165) is 5.56 Å². The normalized spacial score (nSPS) is 10.3. The number of pyridine rings is 1. The number of nitriles is 2. The van der Waals surface area contributed by atoms with Gasteiger partial charge >= 0.3 is 0 Å². The smallest absolute Gasteiger partial charge is 0.187 e. The number of fused-ring (bicyclic) bond motifs is 1. The van der Waals surface area contributed by atoms with Crippen LogP contribution in [0.2, 0.25) is 0 Å². The zero-order valence-electron chi connectivity index (χ0n) is 12.7. The van der Waals surface area contributed by atoms with Gasteiger partial charge in [-0.25, -0.2) is 9.67 Å². The second kappa shape index (κ2) is 5.38. The van der Waals surface area contributed by atoms with Crippen molar-refractivity contribution < 1.29 is 0 Å². The van der Waals surface area contributed by atoms with Crippen molar-refractivity contribution in [3.05, 3.63) is 46.6 Å². The highest BCUT2D eigenvalue weighted by molar-refractivity contribution is 5.96. The summed E-state index contributed by atoms with van der Waals surface area (Å²) < 4.78 is 1.29. The Balaban J connectivity index is 2.50. The molecule has 8 heteroatoms. The van der Waals surface area contributed by atoms with Crippen molar-refractivity contribution in [3.63, 3.8) is 0 Å². The van der Waals surface area contributed by atoms with E-state index in [1.54, 1.807) is 12.1 Å². The molecule has 0 aliphatic heterocycles. The van der Waals surface area contributed by atoms with Gasteiger partial charge < -0.3 is 11.5 Å². The molecule has 0 aliphatic carbocycles. The molecule has 0 unspecified atom stereocenters. The van der Waals surface area contributed by atoms with Gasteiger partial charge in [0.2, 0.25) is 0 Å². The number of hydrogen-bond donors (Lipinski definition) is 3. The Morgan fingerprint density at radius 2 is 1.79 bits per heavy atom. The molecule has 5 N–H and O–H groups in total. The maximum Gasteiger partial charge on any atom is 0.187 e. The van der Waals surface area contributed by atoms with E-state index in [0.29, 0.717) is 5.69 Å². The van der Waals surface area contributed by atoms with Crippen LogP contribution in [0.25, 0.3) is 16.6 Å². The van der Waals surface area contributed by atoms with Gasteiger partial charge in [-0.15, -0.1) is 0 Å². The summed E-state index contributed by atoms with van der Waals surface area (Å²) in [6, 6.07) is 11.1. The zero-order chi connectivity index (χ0) is 17.4. The van der Waals surface area contributed by atoms with E-state index >= 15 is 0 Å². The number of aromatic nitrogens is 3. The highest BCUT2D eigenvalue weighted by Crippen LogP contribution is 2.25. The second-order valence-corrected chi connectivity index (χ2v) is 5.18. The molecule has 24 heavy (non-hydrogen) atoms. The summed E-state index contributed by atoms with van der Waals surface area (Å²) >= 11 is 0. The molecule has 0 radical (unpaired) electrons. The highest BCUT2D eigenvalue weighted by Gasteiger charge is 2.18. The average Bonchev–Trinajstić information content (AvgIpc) is 2.56. The number of benzene rings is 1. The minimum Gasteiger partial charge on any atom is -0.397 e. The molecule has 3 rings (SSSR count). The molecule has 2 heterocycles. The van der Waals surface area contributed by atoms with E-state index in [-0.39, 0.29) is 39.2 Å². The van der Waals surface area contributed by atoms with Crippen LogP contribution in [-0.2, 0) is 0 Å². The fraction of sp³-hybridized carbons (Fsp3) is 0.0625. The van der Waals surface area contributed by atoms with E-state index < -0.39 is 0 Å². The van der Waals surface area contributed by atoms with Crippen molar-refractivity contribution in [3.8, 4) is 17.8 Å². The summed E-state index contributed by atoms with van der Waals surface area (Å²) in [6.07, 6.45) is 0. The lowest BCUT2D eigenvalue weighted by atomic mass is 10.1. The van der Waals surface area contributed by atoms with Gasteiger partial charge in [0.1, 0.15) is 29.0 Å². The largest absolute Gasteiger partial charge is 0.397 e. The third-order valence-electron chi connectivity index (χ3n) is 3.63. The first-order valence-corrected chi connectivity index (χ1v) is 6.91. The van der Waals surface area contributed by atoms with Gasteiger partial charge in [-0.1, -0.05) is 17.7 Å². The summed E-state index contributed by atoms with van der Waals surface area (Å²) in [7, 11) is 0. The van der Waals surface area contributed by atoms with Crippen LogP contribution < -0.4 is 17.0 Å². The maximum absolute atomic E-state index is 9.38. The predicted molar refractivity (Wildman–Crippen MR) is 87.7 cm³/mol. The van der Waals surface area contributed by atoms with Crippen molar-refractivity contribution in [1.82, 2.24) is 14.8 Å². The summed E-state index contributed by atoms with van der Waals surface area (Å²) in [5.74, 6) is -0.0896. The van der Waals surface area contributed by atoms with Gasteiger partial charge in [0.15, 0.2) is 11.2 Å². The average molecular weight is 316 g/mol. The Hall–Kier alpha value is -3.91. The molecule has 0 atom stereocenters. The van der Waals surface area contributed by atoms with Gasteiger partial charge in [-0.2, -0.15) is 15.6 Å². The fourth-order valence-electron chi connectivity index (χ4n) is 2.40. The second-order valence-electron chi connectivity index (χ2n) is 5.18. The fourth-order valence-corrected chi connectivity index (χ4v) is 2.40. The van der Waals surface area contributed by atoms with Crippen LogP contribution in [0.5, 0.6) is 0 Å². The molecule has 0 saturated carbocycles. The van der Waals surface area contributed by atoms with Crippen molar-refractivity contribution >= 4 is 22.4 Å². The third kappa shape index (κ3) is 2.11. The maximum atomic E-state index is 9.38. The Morgan fingerprint density at radius 1 is 1.12 bits per heavy atom. The van der Waals surface area contributed by atoms with E-state index in [1.807, 2.05) is 31.2 Å². The first-order valence-electron chi connectivity index (χ1n) is 6.91. The molecule has 1 aromatic carbocycles. The number of rotatable bonds is 1. The highest BCUT2D eigenvalue weighted by atomic mass is 15.3. The number of nitrogens with two attached hydrogens (primary N) is 2. The van der Waals surface area contributed by atoms with E-state index in [9.17, 15) is 10.5 Å². The summed E-state index contributed by atoms with van der Waals surface area (Å²) in [4.78, 5) is 4.04. The molecule has 0 aliphatic rings. The van der Waals surface area contributed by atoms with Crippen molar-refractivity contribution in [1.29, 1.82) is 15.9 Å². The topological polar surface area (TPSA) is 154 Å². The van der Waals surface area contributed by atoms with E-state index in [4.69, 9.17) is 16.9 Å². The van der Waals surface area contributed by atoms with Gasteiger partial charge in [0.05, 0.1) is 16.8 Å². The van der Waals surface area contributed by atoms with Crippen molar-refractivity contribution in [2.75, 3.05) is 11.5 Å². The summed E-state index contributed by atoms with van der Waals surface area (Å²) in [6.45, 7) is 1.94. The Kier molecular flexibility index (Phi) is 3.36. The van der Waals surface area contributed by atoms with Crippen LogP contribution in [0.15, 0.2) is 24.3 Å². The first kappa shape index (κ1) is 15.0. The van der Waals surface area contributed by atoms with Crippen LogP contribution in [0.4, 0.5) is 11.5 Å². The summed E-state index contributed by atoms with van der Waals surface area (Å²) in [5.41, 5.74) is 13.4. The molecule has 3 aromatic rings. The molecule has 8 nitrogen and oxygen atoms in total. The standard InChI is InChI=1S/C16H12N8/c1-8-2-4-9(5-3-8)24-16(21)12-13(19)10(6-17)15(20)22-14(12)11(7-18)23-24/h2-5,21H,1H3,(H4,19,20,22). The van der Waals surface area contributed by atoms with Crippen LogP contribution in [0, 0.1) is 35.0 Å². The lowest BCUT2D eigenvalue weighted by molar-refractivity contribution is 0.780. The van der Waals surface area contributed by atoms with E-state index in [1.165, 1.54) is 4.68 Å². The van der Waals surface area contributed by atoms with Gasteiger partial charge in [0.25, 0.3) is 0 Å². The van der Waals surface area contributed by atoms with E-state index in [2.05, 4.69) is 10.1 Å². The minimum atomic E-state index is -0.0896. The zero-order valence-corrected chi connectivity index (χ0v) is 12.7. The molecular weight excluding hydrogens is 304 g/mol. The lowest BCUT2D eigenvalue weighted by Crippen LogP contribution is -2.24. The molecule has 0 bridgehead atoms. The number of nitrogen functional groups attached to an aromatic ring is 2. The van der Waals surface area contributed by atoms with Crippen LogP contribution >= 0.6 is 0 Å².